The van der Waals surface area contributed by atoms with Gasteiger partial charge in [-0.3, -0.25) is 0 Å². The summed E-state index contributed by atoms with van der Waals surface area (Å²) in [5, 5.41) is 12.9. The maximum Gasteiger partial charge on any atom is 0.0664 e. The van der Waals surface area contributed by atoms with Crippen LogP contribution in [-0.2, 0) is 0 Å². The Balaban J connectivity index is 3.35. The van der Waals surface area contributed by atoms with Crippen LogP contribution in [0.4, 0.5) is 0 Å². The first kappa shape index (κ1) is 12.9. The molecule has 2 nitrogen and oxygen atoms in total. The van der Waals surface area contributed by atoms with Gasteiger partial charge in [0.05, 0.1) is 6.10 Å². The first-order valence-corrected chi connectivity index (χ1v) is 5.39. The summed E-state index contributed by atoms with van der Waals surface area (Å²) in [6.45, 7) is 9.25. The van der Waals surface area contributed by atoms with Crippen molar-refractivity contribution in [3.05, 3.63) is 0 Å². The predicted octanol–water partition coefficient (Wildman–Crippen LogP) is 2.32. The number of rotatable bonds is 6. The van der Waals surface area contributed by atoms with Gasteiger partial charge in [0, 0.05) is 12.1 Å². The van der Waals surface area contributed by atoms with Crippen molar-refractivity contribution in [2.75, 3.05) is 6.54 Å². The predicted molar refractivity (Wildman–Crippen MR) is 57.9 cm³/mol. The van der Waals surface area contributed by atoms with Crippen LogP contribution in [0.1, 0.15) is 53.4 Å². The molecule has 0 bridgehead atoms. The van der Waals surface area contributed by atoms with Crippen LogP contribution >= 0.6 is 0 Å². The van der Waals surface area contributed by atoms with E-state index in [-0.39, 0.29) is 11.6 Å². The summed E-state index contributed by atoms with van der Waals surface area (Å²) < 4.78 is 0. The number of nitrogens with one attached hydrogen (secondary N) is 1. The number of β-amino-alcohol motifs (C(OH)–C–C–N with tert-alkyl or cyclic N) is 1. The molecule has 1 atom stereocenters. The Kier molecular flexibility index (Phi) is 6.35. The van der Waals surface area contributed by atoms with Crippen LogP contribution in [0.25, 0.3) is 0 Å². The average molecular weight is 187 g/mol. The molecule has 0 aromatic heterocycles. The molecule has 80 valence electrons. The highest BCUT2D eigenvalue weighted by Gasteiger charge is 2.11. The Bertz CT molecular complexity index is 118. The van der Waals surface area contributed by atoms with Gasteiger partial charge in [0.15, 0.2) is 0 Å². The molecule has 2 heteroatoms. The van der Waals surface area contributed by atoms with E-state index in [4.69, 9.17) is 0 Å². The van der Waals surface area contributed by atoms with Crippen LogP contribution in [0.3, 0.4) is 0 Å². The monoisotopic (exact) mass is 187 g/mol. The number of hydrogen-bond acceptors (Lipinski definition) is 2. The normalized spacial score (nSPS) is 14.5. The second kappa shape index (κ2) is 6.39. The molecular weight excluding hydrogens is 162 g/mol. The van der Waals surface area contributed by atoms with Crippen molar-refractivity contribution in [1.29, 1.82) is 0 Å². The highest BCUT2D eigenvalue weighted by atomic mass is 16.3. The third-order valence-electron chi connectivity index (χ3n) is 2.01. The van der Waals surface area contributed by atoms with E-state index >= 15 is 0 Å². The first-order chi connectivity index (χ1) is 5.95. The molecule has 0 rings (SSSR count). The van der Waals surface area contributed by atoms with Crippen molar-refractivity contribution in [3.63, 3.8) is 0 Å². The van der Waals surface area contributed by atoms with E-state index in [0.717, 1.165) is 12.8 Å². The molecule has 0 aliphatic rings. The van der Waals surface area contributed by atoms with E-state index in [9.17, 15) is 5.11 Å². The maximum atomic E-state index is 9.58. The van der Waals surface area contributed by atoms with Crippen LogP contribution < -0.4 is 5.32 Å². The van der Waals surface area contributed by atoms with E-state index in [0.29, 0.717) is 6.54 Å². The van der Waals surface area contributed by atoms with Crippen molar-refractivity contribution in [3.8, 4) is 0 Å². The minimum atomic E-state index is -0.175. The van der Waals surface area contributed by atoms with Crippen molar-refractivity contribution in [2.45, 2.75) is 65.0 Å². The Morgan fingerprint density at radius 2 is 1.85 bits per heavy atom. The molecule has 0 saturated heterocycles. The first-order valence-electron chi connectivity index (χ1n) is 5.39. The lowest BCUT2D eigenvalue weighted by atomic mass is 10.1. The average Bonchev–Trinajstić information content (AvgIpc) is 2.00. The molecule has 0 aliphatic heterocycles. The van der Waals surface area contributed by atoms with Crippen LogP contribution in [0, 0.1) is 0 Å². The fourth-order valence-electron chi connectivity index (χ4n) is 1.16. The van der Waals surface area contributed by atoms with Gasteiger partial charge >= 0.3 is 0 Å². The van der Waals surface area contributed by atoms with Crippen LogP contribution in [0.5, 0.6) is 0 Å². The fourth-order valence-corrected chi connectivity index (χ4v) is 1.16. The largest absolute Gasteiger partial charge is 0.392 e. The number of aliphatic hydroxyl groups is 1. The fraction of sp³-hybridized carbons (Fsp3) is 1.00. The molecule has 0 aromatic rings. The van der Waals surface area contributed by atoms with E-state index in [1.54, 1.807) is 0 Å². The van der Waals surface area contributed by atoms with Crippen LogP contribution in [0.15, 0.2) is 0 Å². The zero-order chi connectivity index (χ0) is 10.3. The maximum absolute atomic E-state index is 9.58. The summed E-state index contributed by atoms with van der Waals surface area (Å²) in [5.74, 6) is 0. The molecule has 0 spiro atoms. The third-order valence-corrected chi connectivity index (χ3v) is 2.01. The van der Waals surface area contributed by atoms with Gasteiger partial charge in [-0.05, 0) is 27.2 Å². The van der Waals surface area contributed by atoms with E-state index in [2.05, 4.69) is 33.0 Å². The lowest BCUT2D eigenvalue weighted by molar-refractivity contribution is 0.148. The zero-order valence-electron chi connectivity index (χ0n) is 9.56. The van der Waals surface area contributed by atoms with Gasteiger partial charge in [-0.2, -0.15) is 0 Å². The molecule has 2 N–H and O–H groups in total. The summed E-state index contributed by atoms with van der Waals surface area (Å²) in [4.78, 5) is 0. The van der Waals surface area contributed by atoms with Crippen molar-refractivity contribution in [1.82, 2.24) is 5.32 Å². The van der Waals surface area contributed by atoms with Crippen molar-refractivity contribution in [2.24, 2.45) is 0 Å². The Morgan fingerprint density at radius 3 is 2.31 bits per heavy atom. The molecule has 13 heavy (non-hydrogen) atoms. The molecular formula is C11H25NO. The van der Waals surface area contributed by atoms with E-state index < -0.39 is 0 Å². The molecule has 0 saturated carbocycles. The molecule has 0 heterocycles. The molecule has 0 aliphatic carbocycles. The molecule has 0 radical (unpaired) electrons. The third kappa shape index (κ3) is 9.84. The highest BCUT2D eigenvalue weighted by Crippen LogP contribution is 2.04. The molecule has 0 amide bonds. The van der Waals surface area contributed by atoms with E-state index in [1.165, 1.54) is 12.8 Å². The summed E-state index contributed by atoms with van der Waals surface area (Å²) in [5.41, 5.74) is 0.117. The lowest BCUT2D eigenvalue weighted by Crippen LogP contribution is -2.40. The standard InChI is InChI=1S/C11H25NO/c1-5-6-7-8-10(13)9-12-11(2,3)4/h10,12-13H,5-9H2,1-4H3. The van der Waals surface area contributed by atoms with Gasteiger partial charge < -0.3 is 10.4 Å². The molecule has 1 unspecified atom stereocenters. The SMILES string of the molecule is CCCCCC(O)CNC(C)(C)C. The van der Waals surface area contributed by atoms with Crippen molar-refractivity contribution >= 4 is 0 Å². The van der Waals surface area contributed by atoms with E-state index in [1.807, 2.05) is 0 Å². The van der Waals surface area contributed by atoms with Gasteiger partial charge in [0.2, 0.25) is 0 Å². The highest BCUT2D eigenvalue weighted by molar-refractivity contribution is 4.72. The summed E-state index contributed by atoms with van der Waals surface area (Å²) in [6.07, 6.45) is 4.35. The van der Waals surface area contributed by atoms with Gasteiger partial charge in [-0.15, -0.1) is 0 Å². The lowest BCUT2D eigenvalue weighted by Gasteiger charge is -2.22. The number of aliphatic hydroxyl groups excluding tert-OH is 1. The molecule has 0 aromatic carbocycles. The summed E-state index contributed by atoms with van der Waals surface area (Å²) in [6, 6.07) is 0. The zero-order valence-corrected chi connectivity index (χ0v) is 9.56. The van der Waals surface area contributed by atoms with Gasteiger partial charge in [0.25, 0.3) is 0 Å². The van der Waals surface area contributed by atoms with Crippen LogP contribution in [0.2, 0.25) is 0 Å². The minimum absolute atomic E-state index is 0.117. The Labute approximate surface area is 82.7 Å². The minimum Gasteiger partial charge on any atom is -0.392 e. The second-order valence-electron chi connectivity index (χ2n) is 4.78. The number of hydrogen-bond donors (Lipinski definition) is 2. The Hall–Kier alpha value is -0.0800. The number of unbranched alkanes of at least 4 members (excludes halogenated alkanes) is 2. The second-order valence-corrected chi connectivity index (χ2v) is 4.78. The summed E-state index contributed by atoms with van der Waals surface area (Å²) >= 11 is 0. The quantitative estimate of drug-likeness (QED) is 0.625. The summed E-state index contributed by atoms with van der Waals surface area (Å²) in [7, 11) is 0. The molecule has 0 fully saturated rings. The Morgan fingerprint density at radius 1 is 1.23 bits per heavy atom. The smallest absolute Gasteiger partial charge is 0.0664 e. The van der Waals surface area contributed by atoms with Gasteiger partial charge in [0.1, 0.15) is 0 Å². The topological polar surface area (TPSA) is 32.3 Å². The van der Waals surface area contributed by atoms with Crippen molar-refractivity contribution < 1.29 is 5.11 Å². The van der Waals surface area contributed by atoms with Gasteiger partial charge in [-0.1, -0.05) is 26.2 Å². The van der Waals surface area contributed by atoms with Crippen LogP contribution in [-0.4, -0.2) is 23.3 Å². The van der Waals surface area contributed by atoms with Gasteiger partial charge in [-0.25, -0.2) is 0 Å².